The third-order valence-corrected chi connectivity index (χ3v) is 2.71. The Morgan fingerprint density at radius 3 is 2.58 bits per heavy atom. The SMILES string of the molecule is Cc1ccccc1CNc1ncc(C(=O)NO)cn1. The maximum absolute atomic E-state index is 11.1. The van der Waals surface area contributed by atoms with E-state index >= 15 is 0 Å². The summed E-state index contributed by atoms with van der Waals surface area (Å²) in [6, 6.07) is 8.01. The summed E-state index contributed by atoms with van der Waals surface area (Å²) >= 11 is 0. The van der Waals surface area contributed by atoms with Crippen LogP contribution >= 0.6 is 0 Å². The highest BCUT2D eigenvalue weighted by molar-refractivity contribution is 5.92. The molecule has 0 spiro atoms. The van der Waals surface area contributed by atoms with E-state index in [0.717, 1.165) is 5.56 Å². The lowest BCUT2D eigenvalue weighted by Gasteiger charge is -2.07. The molecule has 0 unspecified atom stereocenters. The van der Waals surface area contributed by atoms with Gasteiger partial charge in [0.05, 0.1) is 5.56 Å². The average Bonchev–Trinajstić information content (AvgIpc) is 2.46. The van der Waals surface area contributed by atoms with Crippen LogP contribution in [-0.2, 0) is 6.54 Å². The standard InChI is InChI=1S/C13H14N4O2/c1-9-4-2-3-5-10(9)6-14-13-15-7-11(8-16-13)12(18)17-19/h2-5,7-8,19H,6H2,1H3,(H,17,18)(H,14,15,16). The minimum Gasteiger partial charge on any atom is -0.350 e. The molecule has 1 heterocycles. The van der Waals surface area contributed by atoms with Crippen molar-refractivity contribution in [2.45, 2.75) is 13.5 Å². The third-order valence-electron chi connectivity index (χ3n) is 2.71. The third kappa shape index (κ3) is 3.26. The minimum absolute atomic E-state index is 0.198. The number of hydroxylamine groups is 1. The van der Waals surface area contributed by atoms with Gasteiger partial charge in [-0.3, -0.25) is 10.0 Å². The van der Waals surface area contributed by atoms with Crippen molar-refractivity contribution in [3.05, 3.63) is 53.3 Å². The van der Waals surface area contributed by atoms with Crippen molar-refractivity contribution in [3.63, 3.8) is 0 Å². The fourth-order valence-electron chi connectivity index (χ4n) is 1.58. The van der Waals surface area contributed by atoms with Crippen LogP contribution in [0.25, 0.3) is 0 Å². The smallest absolute Gasteiger partial charge is 0.277 e. The molecule has 98 valence electrons. The fourth-order valence-corrected chi connectivity index (χ4v) is 1.58. The van der Waals surface area contributed by atoms with E-state index in [0.29, 0.717) is 12.5 Å². The average molecular weight is 258 g/mol. The lowest BCUT2D eigenvalue weighted by atomic mass is 10.1. The summed E-state index contributed by atoms with van der Waals surface area (Å²) in [5.74, 6) is -0.205. The van der Waals surface area contributed by atoms with Crippen LogP contribution in [0.1, 0.15) is 21.5 Å². The lowest BCUT2D eigenvalue weighted by Crippen LogP contribution is -2.19. The Morgan fingerprint density at radius 2 is 1.95 bits per heavy atom. The van der Waals surface area contributed by atoms with Crippen molar-refractivity contribution in [3.8, 4) is 0 Å². The van der Waals surface area contributed by atoms with Crippen molar-refractivity contribution in [1.29, 1.82) is 0 Å². The summed E-state index contributed by atoms with van der Waals surface area (Å²) in [4.78, 5) is 19.1. The Kier molecular flexibility index (Phi) is 4.04. The Hall–Kier alpha value is -2.47. The molecule has 0 aliphatic rings. The van der Waals surface area contributed by atoms with E-state index in [9.17, 15) is 4.79 Å². The molecule has 0 aliphatic heterocycles. The number of nitrogens with one attached hydrogen (secondary N) is 2. The van der Waals surface area contributed by atoms with Crippen molar-refractivity contribution in [1.82, 2.24) is 15.4 Å². The zero-order valence-electron chi connectivity index (χ0n) is 10.4. The van der Waals surface area contributed by atoms with Gasteiger partial charge in [-0.15, -0.1) is 0 Å². The monoisotopic (exact) mass is 258 g/mol. The van der Waals surface area contributed by atoms with Gasteiger partial charge in [-0.2, -0.15) is 0 Å². The van der Waals surface area contributed by atoms with Gasteiger partial charge < -0.3 is 5.32 Å². The van der Waals surface area contributed by atoms with Crippen molar-refractivity contribution < 1.29 is 10.0 Å². The molecule has 0 saturated heterocycles. The van der Waals surface area contributed by atoms with Crippen molar-refractivity contribution >= 4 is 11.9 Å². The second-order valence-electron chi connectivity index (χ2n) is 4.02. The van der Waals surface area contributed by atoms with E-state index in [-0.39, 0.29) is 5.56 Å². The van der Waals surface area contributed by atoms with Gasteiger partial charge >= 0.3 is 0 Å². The van der Waals surface area contributed by atoms with Crippen LogP contribution in [0.3, 0.4) is 0 Å². The molecule has 1 aromatic heterocycles. The number of carbonyl (C=O) groups is 1. The molecule has 0 radical (unpaired) electrons. The largest absolute Gasteiger partial charge is 0.350 e. The van der Waals surface area contributed by atoms with E-state index in [1.165, 1.54) is 23.4 Å². The predicted molar refractivity (Wildman–Crippen MR) is 69.8 cm³/mol. The van der Waals surface area contributed by atoms with Crippen LogP contribution in [0.2, 0.25) is 0 Å². The number of aromatic nitrogens is 2. The maximum atomic E-state index is 11.1. The zero-order valence-corrected chi connectivity index (χ0v) is 10.4. The normalized spacial score (nSPS) is 10.0. The first-order chi connectivity index (χ1) is 9.20. The molecule has 6 nitrogen and oxygen atoms in total. The summed E-state index contributed by atoms with van der Waals surface area (Å²) < 4.78 is 0. The molecular weight excluding hydrogens is 244 g/mol. The van der Waals surface area contributed by atoms with Crippen LogP contribution in [-0.4, -0.2) is 21.1 Å². The molecule has 2 aromatic rings. The number of rotatable bonds is 4. The number of nitrogens with zero attached hydrogens (tertiary/aromatic N) is 2. The van der Waals surface area contributed by atoms with E-state index in [2.05, 4.69) is 15.3 Å². The Labute approximate surface area is 110 Å². The second kappa shape index (κ2) is 5.92. The first kappa shape index (κ1) is 13.0. The van der Waals surface area contributed by atoms with Crippen molar-refractivity contribution in [2.75, 3.05) is 5.32 Å². The van der Waals surface area contributed by atoms with Crippen LogP contribution in [0.4, 0.5) is 5.95 Å². The molecule has 0 aliphatic carbocycles. The van der Waals surface area contributed by atoms with Crippen LogP contribution in [0, 0.1) is 6.92 Å². The molecule has 0 saturated carbocycles. The summed E-state index contributed by atoms with van der Waals surface area (Å²) in [6.45, 7) is 2.64. The van der Waals surface area contributed by atoms with Crippen LogP contribution < -0.4 is 10.8 Å². The van der Waals surface area contributed by atoms with Crippen LogP contribution in [0.5, 0.6) is 0 Å². The zero-order chi connectivity index (χ0) is 13.7. The topological polar surface area (TPSA) is 87.1 Å². The van der Waals surface area contributed by atoms with Gasteiger partial charge in [-0.05, 0) is 18.1 Å². The van der Waals surface area contributed by atoms with Gasteiger partial charge in [-0.1, -0.05) is 24.3 Å². The van der Waals surface area contributed by atoms with Crippen molar-refractivity contribution in [2.24, 2.45) is 0 Å². The Balaban J connectivity index is 2.01. The number of anilines is 1. The number of carbonyl (C=O) groups excluding carboxylic acids is 1. The van der Waals surface area contributed by atoms with Gasteiger partial charge in [0.25, 0.3) is 5.91 Å². The number of hydrogen-bond acceptors (Lipinski definition) is 5. The molecule has 6 heteroatoms. The molecule has 0 bridgehead atoms. The Morgan fingerprint density at radius 1 is 1.26 bits per heavy atom. The minimum atomic E-state index is -0.634. The fraction of sp³-hybridized carbons (Fsp3) is 0.154. The molecule has 1 aromatic carbocycles. The number of hydrogen-bond donors (Lipinski definition) is 3. The van der Waals surface area contributed by atoms with Gasteiger partial charge in [0.1, 0.15) is 0 Å². The second-order valence-corrected chi connectivity index (χ2v) is 4.02. The quantitative estimate of drug-likeness (QED) is 0.571. The summed E-state index contributed by atoms with van der Waals surface area (Å²) in [6.07, 6.45) is 2.69. The lowest BCUT2D eigenvalue weighted by molar-refractivity contribution is 0.0705. The van der Waals surface area contributed by atoms with E-state index < -0.39 is 5.91 Å². The molecule has 0 atom stereocenters. The highest BCUT2D eigenvalue weighted by Gasteiger charge is 2.05. The van der Waals surface area contributed by atoms with Crippen LogP contribution in [0.15, 0.2) is 36.7 Å². The number of amides is 1. The molecule has 0 fully saturated rings. The predicted octanol–water partition coefficient (Wildman–Crippen LogP) is 1.52. The summed E-state index contributed by atoms with van der Waals surface area (Å²) in [5.41, 5.74) is 4.07. The van der Waals surface area contributed by atoms with Gasteiger partial charge in [0.2, 0.25) is 5.95 Å². The van der Waals surface area contributed by atoms with E-state index in [1.54, 1.807) is 0 Å². The Bertz CT molecular complexity index is 569. The highest BCUT2D eigenvalue weighted by atomic mass is 16.5. The molecule has 1 amide bonds. The highest BCUT2D eigenvalue weighted by Crippen LogP contribution is 2.09. The number of aryl methyl sites for hydroxylation is 1. The maximum Gasteiger partial charge on any atom is 0.277 e. The number of benzene rings is 1. The van der Waals surface area contributed by atoms with Gasteiger partial charge in [0, 0.05) is 18.9 Å². The molecule has 2 rings (SSSR count). The van der Waals surface area contributed by atoms with E-state index in [4.69, 9.17) is 5.21 Å². The van der Waals surface area contributed by atoms with Gasteiger partial charge in [-0.25, -0.2) is 15.4 Å². The summed E-state index contributed by atoms with van der Waals surface area (Å²) in [7, 11) is 0. The molecule has 3 N–H and O–H groups in total. The van der Waals surface area contributed by atoms with E-state index in [1.807, 2.05) is 31.2 Å². The first-order valence-electron chi connectivity index (χ1n) is 5.75. The summed E-state index contributed by atoms with van der Waals surface area (Å²) in [5, 5.41) is 11.5. The first-order valence-corrected chi connectivity index (χ1v) is 5.75. The van der Waals surface area contributed by atoms with Gasteiger partial charge in [0.15, 0.2) is 0 Å². The molecule has 19 heavy (non-hydrogen) atoms. The molecular formula is C13H14N4O2.